The maximum Gasteiger partial charge on any atom is 0.319 e. The number of aromatic nitrogens is 2. The van der Waals surface area contributed by atoms with Gasteiger partial charge in [-0.05, 0) is 54.8 Å². The standard InChI is InChI=1S/C19H18F2N4O/c1-13-3-4-17(25-8-2-6-23-25)12-18(13)24-19(26)22-7-5-14-9-15(20)11-16(21)10-14/h2-4,6,8-12H,5,7H2,1H3,(H2,22,24,26). The fourth-order valence-corrected chi connectivity index (χ4v) is 2.55. The van der Waals surface area contributed by atoms with E-state index >= 15 is 0 Å². The molecule has 0 fully saturated rings. The lowest BCUT2D eigenvalue weighted by atomic mass is 10.1. The molecule has 7 heteroatoms. The summed E-state index contributed by atoms with van der Waals surface area (Å²) in [5.41, 5.74) is 2.88. The van der Waals surface area contributed by atoms with Crippen molar-refractivity contribution in [1.29, 1.82) is 0 Å². The third kappa shape index (κ3) is 4.44. The Labute approximate surface area is 149 Å². The highest BCUT2D eigenvalue weighted by molar-refractivity contribution is 5.90. The van der Waals surface area contributed by atoms with Crippen LogP contribution in [0.4, 0.5) is 19.3 Å². The van der Waals surface area contributed by atoms with Crippen molar-refractivity contribution in [2.24, 2.45) is 0 Å². The number of hydrogen-bond acceptors (Lipinski definition) is 2. The summed E-state index contributed by atoms with van der Waals surface area (Å²) in [6, 6.07) is 10.4. The monoisotopic (exact) mass is 356 g/mol. The molecule has 0 unspecified atom stereocenters. The van der Waals surface area contributed by atoms with Crippen LogP contribution in [0, 0.1) is 18.6 Å². The highest BCUT2D eigenvalue weighted by Gasteiger charge is 2.07. The summed E-state index contributed by atoms with van der Waals surface area (Å²) < 4.78 is 28.0. The molecule has 0 aliphatic heterocycles. The highest BCUT2D eigenvalue weighted by Crippen LogP contribution is 2.19. The van der Waals surface area contributed by atoms with Crippen molar-refractivity contribution in [3.63, 3.8) is 0 Å². The van der Waals surface area contributed by atoms with Crippen molar-refractivity contribution in [2.75, 3.05) is 11.9 Å². The van der Waals surface area contributed by atoms with Crippen LogP contribution in [-0.4, -0.2) is 22.4 Å². The number of carbonyl (C=O) groups excluding carboxylic acids is 1. The molecule has 134 valence electrons. The lowest BCUT2D eigenvalue weighted by molar-refractivity contribution is 0.252. The molecular weight excluding hydrogens is 338 g/mol. The van der Waals surface area contributed by atoms with Gasteiger partial charge in [0.1, 0.15) is 11.6 Å². The van der Waals surface area contributed by atoms with Gasteiger partial charge in [0, 0.05) is 30.7 Å². The van der Waals surface area contributed by atoms with Crippen molar-refractivity contribution in [2.45, 2.75) is 13.3 Å². The van der Waals surface area contributed by atoms with E-state index in [2.05, 4.69) is 15.7 Å². The van der Waals surface area contributed by atoms with E-state index in [1.165, 1.54) is 12.1 Å². The van der Waals surface area contributed by atoms with Gasteiger partial charge in [-0.2, -0.15) is 5.10 Å². The predicted molar refractivity (Wildman–Crippen MR) is 95.4 cm³/mol. The van der Waals surface area contributed by atoms with Crippen LogP contribution in [0.2, 0.25) is 0 Å². The van der Waals surface area contributed by atoms with Crippen LogP contribution >= 0.6 is 0 Å². The van der Waals surface area contributed by atoms with Crippen LogP contribution in [0.1, 0.15) is 11.1 Å². The summed E-state index contributed by atoms with van der Waals surface area (Å²) in [6.07, 6.45) is 3.82. The summed E-state index contributed by atoms with van der Waals surface area (Å²) in [4.78, 5) is 12.1. The summed E-state index contributed by atoms with van der Waals surface area (Å²) in [5, 5.41) is 9.63. The first-order valence-corrected chi connectivity index (χ1v) is 8.12. The Hall–Kier alpha value is -3.22. The number of nitrogens with one attached hydrogen (secondary N) is 2. The molecule has 0 atom stereocenters. The molecule has 0 radical (unpaired) electrons. The Kier molecular flexibility index (Phi) is 5.26. The summed E-state index contributed by atoms with van der Waals surface area (Å²) in [6.45, 7) is 2.14. The largest absolute Gasteiger partial charge is 0.338 e. The molecule has 26 heavy (non-hydrogen) atoms. The molecule has 0 bridgehead atoms. The third-order valence-corrected chi connectivity index (χ3v) is 3.86. The molecule has 0 saturated heterocycles. The second-order valence-electron chi connectivity index (χ2n) is 5.86. The first-order chi connectivity index (χ1) is 12.5. The Morgan fingerprint density at radius 3 is 2.62 bits per heavy atom. The topological polar surface area (TPSA) is 59.0 Å². The lowest BCUT2D eigenvalue weighted by Crippen LogP contribution is -2.30. The number of amides is 2. The molecule has 0 aliphatic rings. The van der Waals surface area contributed by atoms with E-state index < -0.39 is 11.6 Å². The molecule has 0 saturated carbocycles. The van der Waals surface area contributed by atoms with Gasteiger partial charge in [0.25, 0.3) is 0 Å². The smallest absolute Gasteiger partial charge is 0.319 e. The first-order valence-electron chi connectivity index (χ1n) is 8.12. The average Bonchev–Trinajstić information content (AvgIpc) is 3.10. The highest BCUT2D eigenvalue weighted by atomic mass is 19.1. The molecule has 1 aromatic heterocycles. The van der Waals surface area contributed by atoms with Gasteiger partial charge in [0.2, 0.25) is 0 Å². The van der Waals surface area contributed by atoms with Gasteiger partial charge in [0.15, 0.2) is 0 Å². The predicted octanol–water partition coefficient (Wildman–Crippen LogP) is 3.82. The van der Waals surface area contributed by atoms with E-state index in [0.717, 1.165) is 17.3 Å². The van der Waals surface area contributed by atoms with Crippen LogP contribution < -0.4 is 10.6 Å². The Morgan fingerprint density at radius 1 is 1.15 bits per heavy atom. The number of nitrogens with zero attached hydrogens (tertiary/aromatic N) is 2. The van der Waals surface area contributed by atoms with Crippen LogP contribution in [0.25, 0.3) is 5.69 Å². The lowest BCUT2D eigenvalue weighted by Gasteiger charge is -2.12. The van der Waals surface area contributed by atoms with Crippen molar-refractivity contribution in [1.82, 2.24) is 15.1 Å². The number of rotatable bonds is 5. The minimum absolute atomic E-state index is 0.257. The van der Waals surface area contributed by atoms with E-state index in [4.69, 9.17) is 0 Å². The molecule has 0 aliphatic carbocycles. The van der Waals surface area contributed by atoms with Crippen LogP contribution in [-0.2, 0) is 6.42 Å². The van der Waals surface area contributed by atoms with Crippen LogP contribution in [0.3, 0.4) is 0 Å². The normalized spacial score (nSPS) is 10.6. The van der Waals surface area contributed by atoms with Gasteiger partial charge in [-0.1, -0.05) is 6.07 Å². The fourth-order valence-electron chi connectivity index (χ4n) is 2.55. The second kappa shape index (κ2) is 7.77. The maximum atomic E-state index is 13.2. The minimum atomic E-state index is -0.629. The maximum absolute atomic E-state index is 13.2. The van der Waals surface area contributed by atoms with E-state index in [1.54, 1.807) is 10.9 Å². The van der Waals surface area contributed by atoms with E-state index in [-0.39, 0.29) is 12.6 Å². The number of urea groups is 1. The second-order valence-corrected chi connectivity index (χ2v) is 5.86. The molecule has 3 rings (SSSR count). The van der Waals surface area contributed by atoms with Crippen LogP contribution in [0.15, 0.2) is 54.9 Å². The first kappa shape index (κ1) is 17.6. The minimum Gasteiger partial charge on any atom is -0.338 e. The zero-order valence-corrected chi connectivity index (χ0v) is 14.2. The zero-order valence-electron chi connectivity index (χ0n) is 14.2. The van der Waals surface area contributed by atoms with Crippen LogP contribution in [0.5, 0.6) is 0 Å². The van der Waals surface area contributed by atoms with Gasteiger partial charge >= 0.3 is 6.03 Å². The number of hydrogen-bond donors (Lipinski definition) is 2. The third-order valence-electron chi connectivity index (χ3n) is 3.86. The molecule has 2 N–H and O–H groups in total. The van der Waals surface area contributed by atoms with Gasteiger partial charge < -0.3 is 10.6 Å². The molecule has 5 nitrogen and oxygen atoms in total. The average molecular weight is 356 g/mol. The Balaban J connectivity index is 1.58. The summed E-state index contributed by atoms with van der Waals surface area (Å²) >= 11 is 0. The molecule has 2 aromatic carbocycles. The van der Waals surface area contributed by atoms with Crippen molar-refractivity contribution < 1.29 is 13.6 Å². The van der Waals surface area contributed by atoms with Crippen molar-refractivity contribution >= 4 is 11.7 Å². The molecule has 2 amide bonds. The summed E-state index contributed by atoms with van der Waals surface area (Å²) in [5.74, 6) is -1.26. The molecular formula is C19H18F2N4O. The summed E-state index contributed by atoms with van der Waals surface area (Å²) in [7, 11) is 0. The molecule has 1 heterocycles. The number of carbonyl (C=O) groups is 1. The Bertz CT molecular complexity index is 890. The number of benzene rings is 2. The van der Waals surface area contributed by atoms with Gasteiger partial charge in [-0.3, -0.25) is 0 Å². The molecule has 3 aromatic rings. The number of aryl methyl sites for hydroxylation is 1. The number of halogens is 2. The quantitative estimate of drug-likeness (QED) is 0.730. The zero-order chi connectivity index (χ0) is 18.5. The van der Waals surface area contributed by atoms with E-state index in [1.807, 2.05) is 37.4 Å². The molecule has 0 spiro atoms. The fraction of sp³-hybridized carbons (Fsp3) is 0.158. The van der Waals surface area contributed by atoms with E-state index in [0.29, 0.717) is 17.7 Å². The van der Waals surface area contributed by atoms with E-state index in [9.17, 15) is 13.6 Å². The SMILES string of the molecule is Cc1ccc(-n2cccn2)cc1NC(=O)NCCc1cc(F)cc(F)c1. The van der Waals surface area contributed by atoms with Gasteiger partial charge in [0.05, 0.1) is 5.69 Å². The number of anilines is 1. The van der Waals surface area contributed by atoms with Crippen molar-refractivity contribution in [3.8, 4) is 5.69 Å². The van der Waals surface area contributed by atoms with Gasteiger partial charge in [-0.15, -0.1) is 0 Å². The van der Waals surface area contributed by atoms with Gasteiger partial charge in [-0.25, -0.2) is 18.3 Å². The Morgan fingerprint density at radius 2 is 1.92 bits per heavy atom. The van der Waals surface area contributed by atoms with Crippen molar-refractivity contribution in [3.05, 3.63) is 77.6 Å².